The van der Waals surface area contributed by atoms with Crippen molar-refractivity contribution in [2.45, 2.75) is 38.0 Å². The highest BCUT2D eigenvalue weighted by molar-refractivity contribution is 7.92. The number of aryl methyl sites for hydroxylation is 1. The van der Waals surface area contributed by atoms with Crippen LogP contribution in [-0.4, -0.2) is 20.1 Å². The van der Waals surface area contributed by atoms with Crippen LogP contribution in [-0.2, 0) is 15.4 Å². The maximum Gasteiger partial charge on any atom is 0.262 e. The van der Waals surface area contributed by atoms with Crippen LogP contribution in [0.15, 0.2) is 102 Å². The molecule has 0 unspecified atom stereocenters. The van der Waals surface area contributed by atoms with Gasteiger partial charge in [-0.15, -0.1) is 0 Å². The molecule has 0 heterocycles. The summed E-state index contributed by atoms with van der Waals surface area (Å²) in [5, 5.41) is 2.78. The van der Waals surface area contributed by atoms with E-state index < -0.39 is 15.9 Å². The van der Waals surface area contributed by atoms with Crippen molar-refractivity contribution >= 4 is 33.1 Å². The molecule has 0 saturated carbocycles. The predicted molar refractivity (Wildman–Crippen MR) is 151 cm³/mol. The molecule has 1 amide bonds. The standard InChI is InChI=1S/C31H30N2O4S/c1-21-13-14-24(20-28(21)38(36,37)33-26-10-6-5-7-11-26)30(35)32-27-12-8-9-23(19-27)29(34)22-15-17-25(18-16-22)31(2,3)4/h5-20,33H,1-4H3,(H,32,35). The van der Waals surface area contributed by atoms with Crippen LogP contribution in [0.25, 0.3) is 0 Å². The smallest absolute Gasteiger partial charge is 0.262 e. The molecule has 6 nitrogen and oxygen atoms in total. The summed E-state index contributed by atoms with van der Waals surface area (Å²) in [5.74, 6) is -0.641. The third-order valence-corrected chi connectivity index (χ3v) is 7.68. The minimum atomic E-state index is -3.91. The molecule has 0 bridgehead atoms. The largest absolute Gasteiger partial charge is 0.322 e. The first-order chi connectivity index (χ1) is 17.9. The first-order valence-corrected chi connectivity index (χ1v) is 13.7. The van der Waals surface area contributed by atoms with E-state index in [-0.39, 0.29) is 21.7 Å². The molecule has 0 atom stereocenters. The Bertz CT molecular complexity index is 1590. The minimum Gasteiger partial charge on any atom is -0.322 e. The summed E-state index contributed by atoms with van der Waals surface area (Å²) < 4.78 is 28.6. The Labute approximate surface area is 223 Å². The fourth-order valence-electron chi connectivity index (χ4n) is 3.98. The van der Waals surface area contributed by atoms with Crippen molar-refractivity contribution in [1.82, 2.24) is 0 Å². The number of rotatable bonds is 7. The van der Waals surface area contributed by atoms with Gasteiger partial charge in [0.05, 0.1) is 4.90 Å². The molecule has 194 valence electrons. The maximum absolute atomic E-state index is 13.1. The number of anilines is 2. The summed E-state index contributed by atoms with van der Waals surface area (Å²) in [6.45, 7) is 8.01. The Kier molecular flexibility index (Phi) is 7.51. The minimum absolute atomic E-state index is 0.0108. The molecule has 4 aromatic rings. The van der Waals surface area contributed by atoms with Crippen molar-refractivity contribution in [3.05, 3.63) is 125 Å². The van der Waals surface area contributed by atoms with E-state index in [0.29, 0.717) is 28.1 Å². The molecule has 38 heavy (non-hydrogen) atoms. The summed E-state index contributed by atoms with van der Waals surface area (Å²) in [4.78, 5) is 26.1. The van der Waals surface area contributed by atoms with Gasteiger partial charge in [0, 0.05) is 28.1 Å². The number of carbonyl (C=O) groups is 2. The molecule has 0 aliphatic carbocycles. The summed E-state index contributed by atoms with van der Waals surface area (Å²) in [6, 6.07) is 27.3. The number of carbonyl (C=O) groups excluding carboxylic acids is 2. The van der Waals surface area contributed by atoms with Crippen molar-refractivity contribution in [2.24, 2.45) is 0 Å². The number of hydrogen-bond donors (Lipinski definition) is 2. The lowest BCUT2D eigenvalue weighted by molar-refractivity contribution is 0.102. The van der Waals surface area contributed by atoms with E-state index in [0.717, 1.165) is 5.56 Å². The molecule has 0 saturated heterocycles. The maximum atomic E-state index is 13.1. The lowest BCUT2D eigenvalue weighted by atomic mass is 9.86. The van der Waals surface area contributed by atoms with E-state index in [1.165, 1.54) is 6.07 Å². The zero-order valence-corrected chi connectivity index (χ0v) is 22.6. The lowest BCUT2D eigenvalue weighted by Crippen LogP contribution is -2.17. The molecule has 0 fully saturated rings. The molecular formula is C31H30N2O4S. The second-order valence-corrected chi connectivity index (χ2v) is 11.8. The van der Waals surface area contributed by atoms with Crippen molar-refractivity contribution < 1.29 is 18.0 Å². The van der Waals surface area contributed by atoms with Gasteiger partial charge in [0.15, 0.2) is 5.78 Å². The van der Waals surface area contributed by atoms with E-state index in [4.69, 9.17) is 0 Å². The third kappa shape index (κ3) is 6.18. The van der Waals surface area contributed by atoms with Crippen molar-refractivity contribution in [3.8, 4) is 0 Å². The number of para-hydroxylation sites is 1. The first-order valence-electron chi connectivity index (χ1n) is 12.2. The van der Waals surface area contributed by atoms with Gasteiger partial charge in [-0.05, 0) is 59.9 Å². The van der Waals surface area contributed by atoms with Crippen LogP contribution in [0.2, 0.25) is 0 Å². The Hall–Kier alpha value is -4.23. The SMILES string of the molecule is Cc1ccc(C(=O)Nc2cccc(C(=O)c3ccc(C(C)(C)C)cc3)c2)cc1S(=O)(=O)Nc1ccccc1. The highest BCUT2D eigenvalue weighted by Gasteiger charge is 2.20. The van der Waals surface area contributed by atoms with Gasteiger partial charge < -0.3 is 5.32 Å². The van der Waals surface area contributed by atoms with E-state index in [1.807, 2.05) is 24.3 Å². The number of nitrogens with one attached hydrogen (secondary N) is 2. The summed E-state index contributed by atoms with van der Waals surface area (Å²) in [7, 11) is -3.91. The fraction of sp³-hybridized carbons (Fsp3) is 0.161. The second-order valence-electron chi connectivity index (χ2n) is 10.1. The molecule has 0 aromatic heterocycles. The molecule has 0 spiro atoms. The highest BCUT2D eigenvalue weighted by atomic mass is 32.2. The van der Waals surface area contributed by atoms with E-state index in [2.05, 4.69) is 30.8 Å². The molecule has 4 rings (SSSR count). The number of benzene rings is 4. The molecule has 0 radical (unpaired) electrons. The van der Waals surface area contributed by atoms with Crippen molar-refractivity contribution in [3.63, 3.8) is 0 Å². The Balaban J connectivity index is 1.53. The zero-order chi connectivity index (χ0) is 27.5. The number of sulfonamides is 1. The molecule has 7 heteroatoms. The Morgan fingerprint density at radius 2 is 1.32 bits per heavy atom. The van der Waals surface area contributed by atoms with Crippen molar-refractivity contribution in [1.29, 1.82) is 0 Å². The summed E-state index contributed by atoms with van der Waals surface area (Å²) >= 11 is 0. The molecule has 4 aromatic carbocycles. The van der Waals surface area contributed by atoms with Gasteiger partial charge >= 0.3 is 0 Å². The third-order valence-electron chi connectivity index (χ3n) is 6.16. The zero-order valence-electron chi connectivity index (χ0n) is 21.8. The Morgan fingerprint density at radius 1 is 0.684 bits per heavy atom. The van der Waals surface area contributed by atoms with Gasteiger partial charge in [0.1, 0.15) is 0 Å². The lowest BCUT2D eigenvalue weighted by Gasteiger charge is -2.19. The van der Waals surface area contributed by atoms with Crippen LogP contribution in [0.5, 0.6) is 0 Å². The molecule has 2 N–H and O–H groups in total. The molecule has 0 aliphatic heterocycles. The average molecular weight is 527 g/mol. The first kappa shape index (κ1) is 26.8. The number of ketones is 1. The van der Waals surface area contributed by atoms with Crippen LogP contribution in [0.3, 0.4) is 0 Å². The normalized spacial score (nSPS) is 11.6. The van der Waals surface area contributed by atoms with Gasteiger partial charge in [0.25, 0.3) is 15.9 Å². The van der Waals surface area contributed by atoms with E-state index in [9.17, 15) is 18.0 Å². The van der Waals surface area contributed by atoms with Gasteiger partial charge in [-0.25, -0.2) is 8.42 Å². The molecule has 0 aliphatic rings. The second kappa shape index (κ2) is 10.6. The highest BCUT2D eigenvalue weighted by Crippen LogP contribution is 2.24. The quantitative estimate of drug-likeness (QED) is 0.266. The van der Waals surface area contributed by atoms with E-state index >= 15 is 0 Å². The van der Waals surface area contributed by atoms with Crippen LogP contribution < -0.4 is 10.0 Å². The van der Waals surface area contributed by atoms with Gasteiger partial charge in [-0.3, -0.25) is 14.3 Å². The molecular weight excluding hydrogens is 496 g/mol. The van der Waals surface area contributed by atoms with Gasteiger partial charge in [-0.2, -0.15) is 0 Å². The van der Waals surface area contributed by atoms with Crippen LogP contribution in [0, 0.1) is 6.92 Å². The number of amides is 1. The van der Waals surface area contributed by atoms with Gasteiger partial charge in [-0.1, -0.05) is 81.4 Å². The van der Waals surface area contributed by atoms with E-state index in [1.54, 1.807) is 73.7 Å². The summed E-state index contributed by atoms with van der Waals surface area (Å²) in [5.41, 5.74) is 3.66. The fourth-order valence-corrected chi connectivity index (χ4v) is 5.31. The van der Waals surface area contributed by atoms with Crippen molar-refractivity contribution in [2.75, 3.05) is 10.0 Å². The Morgan fingerprint density at radius 3 is 1.97 bits per heavy atom. The topological polar surface area (TPSA) is 92.3 Å². The monoisotopic (exact) mass is 526 g/mol. The van der Waals surface area contributed by atoms with Crippen LogP contribution >= 0.6 is 0 Å². The number of hydrogen-bond acceptors (Lipinski definition) is 4. The predicted octanol–water partition coefficient (Wildman–Crippen LogP) is 6.58. The van der Waals surface area contributed by atoms with Gasteiger partial charge in [0.2, 0.25) is 0 Å². The van der Waals surface area contributed by atoms with Crippen LogP contribution in [0.4, 0.5) is 11.4 Å². The summed E-state index contributed by atoms with van der Waals surface area (Å²) in [6.07, 6.45) is 0. The average Bonchev–Trinajstić information content (AvgIpc) is 2.88. The van der Waals surface area contributed by atoms with Crippen LogP contribution in [0.1, 0.15) is 58.2 Å².